The molecule has 0 aliphatic carbocycles. The first-order valence-electron chi connectivity index (χ1n) is 5.88. The minimum Gasteiger partial charge on any atom is -0.392 e. The van der Waals surface area contributed by atoms with E-state index in [2.05, 4.69) is 29.8 Å². The smallest absolute Gasteiger partial charge is 0.0717 e. The third-order valence-corrected chi connectivity index (χ3v) is 3.46. The largest absolute Gasteiger partial charge is 0.392 e. The molecule has 0 amide bonds. The van der Waals surface area contributed by atoms with E-state index >= 15 is 0 Å². The average molecular weight is 220 g/mol. The Kier molecular flexibility index (Phi) is 2.89. The lowest BCUT2D eigenvalue weighted by molar-refractivity contribution is 0.281. The molecule has 0 bridgehead atoms. The fraction of sp³-hybridized carbons (Fsp3) is 0.615. The number of hydrogen-bond donors (Lipinski definition) is 1. The van der Waals surface area contributed by atoms with Gasteiger partial charge >= 0.3 is 0 Å². The Morgan fingerprint density at radius 3 is 2.81 bits per heavy atom. The lowest BCUT2D eigenvalue weighted by atomic mass is 10.0. The van der Waals surface area contributed by atoms with Crippen molar-refractivity contribution in [1.82, 2.24) is 4.98 Å². The Labute approximate surface area is 97.1 Å². The van der Waals surface area contributed by atoms with Gasteiger partial charge in [0.05, 0.1) is 6.61 Å². The van der Waals surface area contributed by atoms with Crippen LogP contribution in [0.1, 0.15) is 37.9 Å². The molecule has 0 saturated carbocycles. The second kappa shape index (κ2) is 4.06. The molecule has 3 nitrogen and oxygen atoms in total. The van der Waals surface area contributed by atoms with Gasteiger partial charge in [-0.2, -0.15) is 0 Å². The lowest BCUT2D eigenvalue weighted by Gasteiger charge is -2.35. The van der Waals surface area contributed by atoms with Crippen molar-refractivity contribution in [3.05, 3.63) is 23.5 Å². The number of hydrogen-bond acceptors (Lipinski definition) is 3. The number of pyridine rings is 1. The van der Waals surface area contributed by atoms with Crippen molar-refractivity contribution in [2.45, 2.75) is 45.8 Å². The molecule has 0 unspecified atom stereocenters. The molecule has 0 radical (unpaired) electrons. The van der Waals surface area contributed by atoms with Crippen LogP contribution in [0.15, 0.2) is 12.3 Å². The van der Waals surface area contributed by atoms with Gasteiger partial charge in [-0.25, -0.2) is 0 Å². The normalized spacial score (nSPS) is 19.1. The summed E-state index contributed by atoms with van der Waals surface area (Å²) < 4.78 is 0. The zero-order valence-electron chi connectivity index (χ0n) is 10.3. The second-order valence-corrected chi connectivity index (χ2v) is 5.18. The highest BCUT2D eigenvalue weighted by Gasteiger charge is 2.33. The number of anilines is 1. The van der Waals surface area contributed by atoms with Gasteiger partial charge in [-0.3, -0.25) is 4.98 Å². The first-order valence-corrected chi connectivity index (χ1v) is 5.88. The highest BCUT2D eigenvalue weighted by molar-refractivity contribution is 5.56. The highest BCUT2D eigenvalue weighted by atomic mass is 16.3. The average Bonchev–Trinajstić information content (AvgIpc) is 2.58. The van der Waals surface area contributed by atoms with Gasteiger partial charge in [0, 0.05) is 35.2 Å². The Bertz CT molecular complexity index is 388. The van der Waals surface area contributed by atoms with E-state index in [4.69, 9.17) is 0 Å². The van der Waals surface area contributed by atoms with Crippen molar-refractivity contribution in [1.29, 1.82) is 0 Å². The van der Waals surface area contributed by atoms with Gasteiger partial charge in [-0.1, -0.05) is 0 Å². The predicted molar refractivity (Wildman–Crippen MR) is 65.6 cm³/mol. The van der Waals surface area contributed by atoms with Crippen LogP contribution in [-0.4, -0.2) is 22.2 Å². The quantitative estimate of drug-likeness (QED) is 0.830. The number of aromatic nitrogens is 1. The predicted octanol–water partition coefficient (Wildman–Crippen LogP) is 2.26. The van der Waals surface area contributed by atoms with Crippen molar-refractivity contribution < 1.29 is 5.11 Å². The summed E-state index contributed by atoms with van der Waals surface area (Å²) in [4.78, 5) is 6.64. The zero-order valence-corrected chi connectivity index (χ0v) is 10.3. The van der Waals surface area contributed by atoms with Gasteiger partial charge in [0.25, 0.3) is 0 Å². The molecule has 1 fully saturated rings. The van der Waals surface area contributed by atoms with E-state index in [0.717, 1.165) is 23.5 Å². The van der Waals surface area contributed by atoms with E-state index in [1.165, 1.54) is 12.8 Å². The third-order valence-electron chi connectivity index (χ3n) is 3.46. The third kappa shape index (κ3) is 1.92. The van der Waals surface area contributed by atoms with Crippen molar-refractivity contribution in [2.75, 3.05) is 11.4 Å². The lowest BCUT2D eigenvalue weighted by Crippen LogP contribution is -2.38. The van der Waals surface area contributed by atoms with E-state index in [0.29, 0.717) is 0 Å². The molecule has 0 aromatic carbocycles. The molecular weight excluding hydrogens is 200 g/mol. The van der Waals surface area contributed by atoms with E-state index in [1.54, 1.807) is 6.20 Å². The highest BCUT2D eigenvalue weighted by Crippen LogP contribution is 2.35. The Hall–Kier alpha value is -1.09. The van der Waals surface area contributed by atoms with E-state index in [-0.39, 0.29) is 12.1 Å². The van der Waals surface area contributed by atoms with Gasteiger partial charge in [-0.15, -0.1) is 0 Å². The van der Waals surface area contributed by atoms with Crippen LogP contribution < -0.4 is 4.90 Å². The maximum absolute atomic E-state index is 9.37. The number of aliphatic hydroxyl groups is 1. The Balaban J connectivity index is 2.42. The summed E-state index contributed by atoms with van der Waals surface area (Å²) in [6.07, 6.45) is 4.22. The summed E-state index contributed by atoms with van der Waals surface area (Å²) in [6, 6.07) is 2.08. The van der Waals surface area contributed by atoms with Crippen molar-refractivity contribution in [3.8, 4) is 0 Å². The standard InChI is InChI=1S/C13H20N2O/c1-10-7-12(11(9-16)8-14-10)15-6-4-5-13(15,2)3/h7-8,16H,4-6,9H2,1-3H3. The summed E-state index contributed by atoms with van der Waals surface area (Å²) in [7, 11) is 0. The first kappa shape index (κ1) is 11.4. The fourth-order valence-corrected chi connectivity index (χ4v) is 2.50. The molecule has 1 aromatic rings. The molecule has 3 heteroatoms. The summed E-state index contributed by atoms with van der Waals surface area (Å²) >= 11 is 0. The number of nitrogens with zero attached hydrogens (tertiary/aromatic N) is 2. The zero-order chi connectivity index (χ0) is 11.8. The van der Waals surface area contributed by atoms with Crippen LogP contribution in [0.2, 0.25) is 0 Å². The molecular formula is C13H20N2O. The van der Waals surface area contributed by atoms with E-state index < -0.39 is 0 Å². The number of rotatable bonds is 2. The van der Waals surface area contributed by atoms with Crippen LogP contribution in [0, 0.1) is 6.92 Å². The minimum atomic E-state index is 0.0647. The Morgan fingerprint density at radius 1 is 1.50 bits per heavy atom. The van der Waals surface area contributed by atoms with Crippen molar-refractivity contribution in [3.63, 3.8) is 0 Å². The summed E-state index contributed by atoms with van der Waals surface area (Å²) in [5.41, 5.74) is 3.28. The van der Waals surface area contributed by atoms with Gasteiger partial charge in [0.1, 0.15) is 0 Å². The van der Waals surface area contributed by atoms with Crippen LogP contribution in [0.5, 0.6) is 0 Å². The summed E-state index contributed by atoms with van der Waals surface area (Å²) in [5.74, 6) is 0. The topological polar surface area (TPSA) is 36.4 Å². The monoisotopic (exact) mass is 220 g/mol. The first-order chi connectivity index (χ1) is 7.54. The fourth-order valence-electron chi connectivity index (χ4n) is 2.50. The van der Waals surface area contributed by atoms with Gasteiger partial charge < -0.3 is 10.0 Å². The van der Waals surface area contributed by atoms with Crippen LogP contribution in [0.25, 0.3) is 0 Å². The second-order valence-electron chi connectivity index (χ2n) is 5.18. The Morgan fingerprint density at radius 2 is 2.25 bits per heavy atom. The molecule has 1 N–H and O–H groups in total. The summed E-state index contributed by atoms with van der Waals surface area (Å²) in [5, 5.41) is 9.37. The van der Waals surface area contributed by atoms with E-state index in [9.17, 15) is 5.11 Å². The molecule has 88 valence electrons. The van der Waals surface area contributed by atoms with Gasteiger partial charge in [0.2, 0.25) is 0 Å². The van der Waals surface area contributed by atoms with Gasteiger partial charge in [-0.05, 0) is 39.7 Å². The molecule has 1 aliphatic heterocycles. The molecule has 0 atom stereocenters. The maximum Gasteiger partial charge on any atom is 0.0717 e. The molecule has 2 rings (SSSR count). The molecule has 0 spiro atoms. The van der Waals surface area contributed by atoms with Crippen molar-refractivity contribution in [2.24, 2.45) is 0 Å². The van der Waals surface area contributed by atoms with Crippen LogP contribution in [-0.2, 0) is 6.61 Å². The SMILES string of the molecule is Cc1cc(N2CCCC2(C)C)c(CO)cn1. The molecule has 1 saturated heterocycles. The van der Waals surface area contributed by atoms with Crippen LogP contribution in [0.4, 0.5) is 5.69 Å². The van der Waals surface area contributed by atoms with Crippen LogP contribution >= 0.6 is 0 Å². The maximum atomic E-state index is 9.37. The van der Waals surface area contributed by atoms with Crippen molar-refractivity contribution >= 4 is 5.69 Å². The minimum absolute atomic E-state index is 0.0647. The number of aliphatic hydroxyl groups excluding tert-OH is 1. The molecule has 16 heavy (non-hydrogen) atoms. The van der Waals surface area contributed by atoms with E-state index in [1.807, 2.05) is 6.92 Å². The van der Waals surface area contributed by atoms with Gasteiger partial charge in [0.15, 0.2) is 0 Å². The molecule has 1 aromatic heterocycles. The number of aryl methyl sites for hydroxylation is 1. The van der Waals surface area contributed by atoms with Crippen LogP contribution in [0.3, 0.4) is 0 Å². The summed E-state index contributed by atoms with van der Waals surface area (Å²) in [6.45, 7) is 7.65. The molecule has 1 aliphatic rings. The molecule has 2 heterocycles.